The number of fused-ring (bicyclic) bond motifs is 1. The number of hydrogen-bond acceptors (Lipinski definition) is 4. The van der Waals surface area contributed by atoms with Crippen LogP contribution in [0.15, 0.2) is 42.5 Å². The van der Waals surface area contributed by atoms with E-state index >= 15 is 0 Å². The van der Waals surface area contributed by atoms with Gasteiger partial charge in [-0.1, -0.05) is 11.6 Å². The van der Waals surface area contributed by atoms with E-state index in [0.29, 0.717) is 30.2 Å². The fourth-order valence-corrected chi connectivity index (χ4v) is 4.23. The first-order chi connectivity index (χ1) is 14.9. The average Bonchev–Trinajstić information content (AvgIpc) is 3.21. The van der Waals surface area contributed by atoms with Crippen molar-refractivity contribution in [1.82, 2.24) is 10.2 Å². The van der Waals surface area contributed by atoms with Crippen LogP contribution in [-0.4, -0.2) is 61.9 Å². The number of halogens is 1. The molecule has 0 spiro atoms. The van der Waals surface area contributed by atoms with Gasteiger partial charge in [-0.25, -0.2) is 0 Å². The van der Waals surface area contributed by atoms with Crippen molar-refractivity contribution in [1.29, 1.82) is 0 Å². The highest BCUT2D eigenvalue weighted by Gasteiger charge is 2.24. The summed E-state index contributed by atoms with van der Waals surface area (Å²) < 4.78 is 0. The lowest BCUT2D eigenvalue weighted by atomic mass is 10.1. The van der Waals surface area contributed by atoms with Crippen molar-refractivity contribution in [3.63, 3.8) is 0 Å². The molecular weight excluding hydrogens is 416 g/mol. The Balaban J connectivity index is 1.28. The fraction of sp³-hybridized carbons (Fsp3) is 0.348. The minimum Gasteiger partial charge on any atom is -0.368 e. The number of benzene rings is 2. The van der Waals surface area contributed by atoms with Gasteiger partial charge in [0.1, 0.15) is 0 Å². The Morgan fingerprint density at radius 3 is 2.35 bits per heavy atom. The van der Waals surface area contributed by atoms with Gasteiger partial charge in [-0.15, -0.1) is 0 Å². The zero-order valence-electron chi connectivity index (χ0n) is 17.4. The predicted molar refractivity (Wildman–Crippen MR) is 121 cm³/mol. The van der Waals surface area contributed by atoms with E-state index in [4.69, 9.17) is 11.6 Å². The molecule has 0 saturated carbocycles. The average molecular weight is 441 g/mol. The van der Waals surface area contributed by atoms with Gasteiger partial charge in [0.25, 0.3) is 5.91 Å². The molecule has 1 N–H and O–H groups in total. The van der Waals surface area contributed by atoms with Crippen molar-refractivity contribution in [2.45, 2.75) is 13.3 Å². The van der Waals surface area contributed by atoms with Gasteiger partial charge >= 0.3 is 0 Å². The predicted octanol–water partition coefficient (Wildman–Crippen LogP) is 2.33. The molecule has 2 aliphatic rings. The molecule has 7 nitrogen and oxygen atoms in total. The van der Waals surface area contributed by atoms with Crippen molar-refractivity contribution < 1.29 is 14.4 Å². The van der Waals surface area contributed by atoms with Gasteiger partial charge in [0.15, 0.2) is 0 Å². The molecule has 0 atom stereocenters. The first kappa shape index (κ1) is 21.2. The Bertz CT molecular complexity index is 1000. The summed E-state index contributed by atoms with van der Waals surface area (Å²) in [5.74, 6) is -0.372. The molecule has 1 fully saturated rings. The Labute approximate surface area is 186 Å². The van der Waals surface area contributed by atoms with E-state index in [1.807, 2.05) is 30.3 Å². The van der Waals surface area contributed by atoms with E-state index < -0.39 is 0 Å². The second-order valence-electron chi connectivity index (χ2n) is 7.79. The number of carbonyl (C=O) groups is 3. The van der Waals surface area contributed by atoms with Gasteiger partial charge in [0.2, 0.25) is 11.8 Å². The van der Waals surface area contributed by atoms with Gasteiger partial charge in [0.05, 0.1) is 6.54 Å². The van der Waals surface area contributed by atoms with Crippen LogP contribution in [0.25, 0.3) is 0 Å². The normalized spacial score (nSPS) is 15.6. The fourth-order valence-electron chi connectivity index (χ4n) is 4.11. The van der Waals surface area contributed by atoms with Gasteiger partial charge in [-0.2, -0.15) is 0 Å². The van der Waals surface area contributed by atoms with Crippen LogP contribution in [0.4, 0.5) is 11.4 Å². The molecule has 2 heterocycles. The number of hydrogen-bond donors (Lipinski definition) is 1. The molecule has 0 unspecified atom stereocenters. The highest BCUT2D eigenvalue weighted by atomic mass is 35.5. The summed E-state index contributed by atoms with van der Waals surface area (Å²) in [5, 5.41) is 3.43. The number of rotatable bonds is 4. The monoisotopic (exact) mass is 440 g/mol. The summed E-state index contributed by atoms with van der Waals surface area (Å²) in [4.78, 5) is 42.5. The molecule has 8 heteroatoms. The lowest BCUT2D eigenvalue weighted by molar-refractivity contribution is -0.130. The van der Waals surface area contributed by atoms with Gasteiger partial charge in [-0.3, -0.25) is 14.4 Å². The molecule has 2 aromatic carbocycles. The summed E-state index contributed by atoms with van der Waals surface area (Å²) in [6.07, 6.45) is 0.729. The number of nitrogens with one attached hydrogen (secondary N) is 1. The van der Waals surface area contributed by atoms with E-state index in [1.165, 1.54) is 6.92 Å². The second-order valence-corrected chi connectivity index (χ2v) is 8.23. The third-order valence-corrected chi connectivity index (χ3v) is 6.09. The van der Waals surface area contributed by atoms with Crippen molar-refractivity contribution in [3.8, 4) is 0 Å². The van der Waals surface area contributed by atoms with Crippen molar-refractivity contribution in [2.24, 2.45) is 0 Å². The lowest BCUT2D eigenvalue weighted by Gasteiger charge is -2.36. The second kappa shape index (κ2) is 8.98. The number of nitrogens with zero attached hydrogens (tertiary/aromatic N) is 3. The van der Waals surface area contributed by atoms with E-state index in [0.717, 1.165) is 36.4 Å². The highest BCUT2D eigenvalue weighted by molar-refractivity contribution is 6.30. The molecule has 0 radical (unpaired) electrons. The molecule has 31 heavy (non-hydrogen) atoms. The minimum atomic E-state index is -0.280. The van der Waals surface area contributed by atoms with Crippen LogP contribution >= 0.6 is 11.6 Å². The van der Waals surface area contributed by atoms with E-state index in [9.17, 15) is 14.4 Å². The van der Waals surface area contributed by atoms with Crippen LogP contribution < -0.4 is 15.1 Å². The minimum absolute atomic E-state index is 0.00212. The van der Waals surface area contributed by atoms with E-state index in [1.54, 1.807) is 21.9 Å². The van der Waals surface area contributed by atoms with Crippen LogP contribution in [0.2, 0.25) is 5.02 Å². The Kier molecular flexibility index (Phi) is 6.13. The molecule has 4 rings (SSSR count). The summed E-state index contributed by atoms with van der Waals surface area (Å²) >= 11 is 5.94. The van der Waals surface area contributed by atoms with Crippen molar-refractivity contribution in [3.05, 3.63) is 58.6 Å². The Hall–Kier alpha value is -3.06. The first-order valence-corrected chi connectivity index (χ1v) is 10.8. The number of carbonyl (C=O) groups excluding carboxylic acids is 3. The number of piperazine rings is 1. The lowest BCUT2D eigenvalue weighted by Crippen LogP contribution is -2.51. The first-order valence-electron chi connectivity index (χ1n) is 10.4. The van der Waals surface area contributed by atoms with Crippen molar-refractivity contribution >= 4 is 40.7 Å². The van der Waals surface area contributed by atoms with Crippen LogP contribution in [0.1, 0.15) is 22.8 Å². The van der Waals surface area contributed by atoms with E-state index in [-0.39, 0.29) is 24.3 Å². The quantitative estimate of drug-likeness (QED) is 0.792. The third-order valence-electron chi connectivity index (χ3n) is 5.84. The Morgan fingerprint density at radius 1 is 0.968 bits per heavy atom. The topological polar surface area (TPSA) is 73.0 Å². The molecular formula is C23H25ClN4O3. The summed E-state index contributed by atoms with van der Waals surface area (Å²) in [6, 6.07) is 13.0. The molecule has 0 bridgehead atoms. The third kappa shape index (κ3) is 4.66. The van der Waals surface area contributed by atoms with E-state index in [2.05, 4.69) is 10.2 Å². The SMILES string of the molecule is CC(=O)N1CCc2cc(C(=O)NCC(=O)N3CCN(c4ccc(Cl)cc4)CC3)ccc21. The summed E-state index contributed by atoms with van der Waals surface area (Å²) in [7, 11) is 0. The maximum atomic E-state index is 12.6. The Morgan fingerprint density at radius 2 is 1.68 bits per heavy atom. The van der Waals surface area contributed by atoms with Gasteiger partial charge < -0.3 is 20.0 Å². The molecule has 3 amide bonds. The molecule has 0 aliphatic carbocycles. The van der Waals surface area contributed by atoms with Crippen LogP contribution in [0.3, 0.4) is 0 Å². The smallest absolute Gasteiger partial charge is 0.251 e. The summed E-state index contributed by atoms with van der Waals surface area (Å²) in [6.45, 7) is 4.83. The molecule has 2 aromatic rings. The largest absolute Gasteiger partial charge is 0.368 e. The zero-order chi connectivity index (χ0) is 22.0. The number of amides is 3. The molecule has 162 valence electrons. The molecule has 2 aliphatic heterocycles. The maximum absolute atomic E-state index is 12.6. The molecule has 0 aromatic heterocycles. The van der Waals surface area contributed by atoms with Crippen LogP contribution in [0.5, 0.6) is 0 Å². The van der Waals surface area contributed by atoms with Gasteiger partial charge in [-0.05, 0) is 54.4 Å². The highest BCUT2D eigenvalue weighted by Crippen LogP contribution is 2.28. The van der Waals surface area contributed by atoms with Crippen LogP contribution in [0, 0.1) is 0 Å². The van der Waals surface area contributed by atoms with Crippen molar-refractivity contribution in [2.75, 3.05) is 49.1 Å². The number of anilines is 2. The molecule has 1 saturated heterocycles. The maximum Gasteiger partial charge on any atom is 0.251 e. The van der Waals surface area contributed by atoms with Gasteiger partial charge in [0, 0.05) is 61.6 Å². The van der Waals surface area contributed by atoms with Crippen LogP contribution in [-0.2, 0) is 16.0 Å². The summed E-state index contributed by atoms with van der Waals surface area (Å²) in [5.41, 5.74) is 3.43. The zero-order valence-corrected chi connectivity index (χ0v) is 18.2. The standard InChI is InChI=1S/C23H25ClN4O3/c1-16(29)28-9-8-17-14-18(2-7-21(17)28)23(31)25-15-22(30)27-12-10-26(11-13-27)20-5-3-19(24)4-6-20/h2-7,14H,8-13,15H2,1H3,(H,25,31).